The van der Waals surface area contributed by atoms with Crippen LogP contribution < -0.4 is 9.88 Å². The summed E-state index contributed by atoms with van der Waals surface area (Å²) in [5.41, 5.74) is 1.20. The number of hydrogen-bond donors (Lipinski definition) is 2. The van der Waals surface area contributed by atoms with Crippen molar-refractivity contribution in [2.24, 2.45) is 0 Å². The molecule has 2 aromatic heterocycles. The third kappa shape index (κ3) is 2.63. The van der Waals surface area contributed by atoms with Crippen LogP contribution in [0, 0.1) is 0 Å². The monoisotopic (exact) mass is 316 g/mol. The van der Waals surface area contributed by atoms with Crippen molar-refractivity contribution in [1.82, 2.24) is 4.98 Å². The largest absolute Gasteiger partial charge is 0.504 e. The summed E-state index contributed by atoms with van der Waals surface area (Å²) in [4.78, 5) is 4.15. The van der Waals surface area contributed by atoms with Crippen LogP contribution in [-0.2, 0) is 6.54 Å². The first-order valence-corrected chi connectivity index (χ1v) is 8.01. The number of fused-ring (bicyclic) bond motifs is 3. The minimum absolute atomic E-state index is 0.172. The summed E-state index contributed by atoms with van der Waals surface area (Å²) < 4.78 is 2.24. The lowest BCUT2D eigenvalue weighted by atomic mass is 10.1. The average molecular weight is 316 g/mol. The molecule has 0 saturated heterocycles. The Kier molecular flexibility index (Phi) is 3.71. The van der Waals surface area contributed by atoms with E-state index in [1.165, 1.54) is 21.7 Å². The first-order valence-electron chi connectivity index (χ1n) is 8.01. The quantitative estimate of drug-likeness (QED) is 0.447. The lowest BCUT2D eigenvalue weighted by Crippen LogP contribution is -2.37. The highest BCUT2D eigenvalue weighted by atomic mass is 16.3. The normalized spacial score (nSPS) is 11.0. The molecule has 4 aromatic rings. The van der Waals surface area contributed by atoms with Crippen molar-refractivity contribution < 1.29 is 9.67 Å². The Hall–Kier alpha value is -3.14. The smallest absolute Gasteiger partial charge is 0.213 e. The molecule has 0 atom stereocenters. The molecule has 4 rings (SSSR count). The number of pyridine rings is 2. The summed E-state index contributed by atoms with van der Waals surface area (Å²) in [6.07, 6.45) is 3.85. The molecule has 2 aromatic carbocycles. The second-order valence-corrected chi connectivity index (χ2v) is 5.72. The summed E-state index contributed by atoms with van der Waals surface area (Å²) in [6.45, 7) is 1.46. The molecule has 0 radical (unpaired) electrons. The first kappa shape index (κ1) is 14.5. The van der Waals surface area contributed by atoms with E-state index in [4.69, 9.17) is 0 Å². The Balaban J connectivity index is 1.67. The standard InChI is InChI=1S/C20H17N3O/c24-19-10-5-11-21-20(19)22-12-13-23-14-15-6-1-2-7-16(15)17-8-3-4-9-18(17)23/h1-11,14H,12-13H2,(H-,21,22,24)/p+1. The van der Waals surface area contributed by atoms with Crippen LogP contribution in [0.1, 0.15) is 0 Å². The molecular weight excluding hydrogens is 298 g/mol. The van der Waals surface area contributed by atoms with E-state index < -0.39 is 0 Å². The molecule has 4 nitrogen and oxygen atoms in total. The fraction of sp³-hybridized carbons (Fsp3) is 0.100. The first-order chi connectivity index (χ1) is 11.8. The summed E-state index contributed by atoms with van der Waals surface area (Å²) in [5.74, 6) is 0.689. The number of anilines is 1. The van der Waals surface area contributed by atoms with Gasteiger partial charge in [-0.05, 0) is 24.3 Å². The molecular formula is C20H18N3O+. The molecule has 2 heterocycles. The Bertz CT molecular complexity index is 1010. The zero-order valence-electron chi connectivity index (χ0n) is 13.2. The maximum atomic E-state index is 9.79. The van der Waals surface area contributed by atoms with E-state index >= 15 is 0 Å². The molecule has 2 N–H and O–H groups in total. The van der Waals surface area contributed by atoms with E-state index in [-0.39, 0.29) is 5.75 Å². The van der Waals surface area contributed by atoms with Gasteiger partial charge in [0, 0.05) is 23.0 Å². The van der Waals surface area contributed by atoms with Gasteiger partial charge in [-0.2, -0.15) is 4.57 Å². The van der Waals surface area contributed by atoms with Gasteiger partial charge in [-0.3, -0.25) is 0 Å². The Morgan fingerprint density at radius 3 is 2.58 bits per heavy atom. The summed E-state index contributed by atoms with van der Waals surface area (Å²) in [7, 11) is 0. The zero-order valence-corrected chi connectivity index (χ0v) is 13.2. The van der Waals surface area contributed by atoms with E-state index in [0.29, 0.717) is 12.4 Å². The van der Waals surface area contributed by atoms with Crippen LogP contribution in [0.25, 0.3) is 21.7 Å². The van der Waals surface area contributed by atoms with Gasteiger partial charge in [0.1, 0.15) is 0 Å². The number of nitrogens with one attached hydrogen (secondary N) is 1. The molecule has 0 bridgehead atoms. The van der Waals surface area contributed by atoms with Gasteiger partial charge in [0.15, 0.2) is 24.3 Å². The molecule has 0 aliphatic rings. The number of aromatic hydroxyl groups is 1. The van der Waals surface area contributed by atoms with Gasteiger partial charge >= 0.3 is 0 Å². The number of rotatable bonds is 4. The fourth-order valence-corrected chi connectivity index (χ4v) is 3.06. The van der Waals surface area contributed by atoms with Crippen molar-refractivity contribution in [1.29, 1.82) is 0 Å². The Labute approximate surface area is 140 Å². The summed E-state index contributed by atoms with van der Waals surface area (Å²) in [5, 5.41) is 16.7. The number of nitrogens with zero attached hydrogens (tertiary/aromatic N) is 2. The molecule has 24 heavy (non-hydrogen) atoms. The van der Waals surface area contributed by atoms with E-state index in [1.54, 1.807) is 18.3 Å². The molecule has 0 amide bonds. The molecule has 118 valence electrons. The van der Waals surface area contributed by atoms with Crippen LogP contribution in [0.3, 0.4) is 0 Å². The molecule has 0 saturated carbocycles. The van der Waals surface area contributed by atoms with Gasteiger partial charge in [0.2, 0.25) is 5.52 Å². The molecule has 0 aliphatic heterocycles. The predicted molar refractivity (Wildman–Crippen MR) is 96.0 cm³/mol. The lowest BCUT2D eigenvalue weighted by Gasteiger charge is -2.07. The van der Waals surface area contributed by atoms with Crippen molar-refractivity contribution in [3.05, 3.63) is 73.1 Å². The van der Waals surface area contributed by atoms with Crippen LogP contribution in [0.4, 0.5) is 5.82 Å². The highest BCUT2D eigenvalue weighted by Gasteiger charge is 2.12. The van der Waals surface area contributed by atoms with Gasteiger partial charge in [-0.1, -0.05) is 30.3 Å². The van der Waals surface area contributed by atoms with Crippen molar-refractivity contribution in [2.75, 3.05) is 11.9 Å². The minimum Gasteiger partial charge on any atom is -0.504 e. The lowest BCUT2D eigenvalue weighted by molar-refractivity contribution is -0.667. The van der Waals surface area contributed by atoms with Crippen molar-refractivity contribution >= 4 is 27.5 Å². The number of hydrogen-bond acceptors (Lipinski definition) is 3. The molecule has 0 aliphatic carbocycles. The third-order valence-electron chi connectivity index (χ3n) is 4.19. The van der Waals surface area contributed by atoms with Crippen molar-refractivity contribution in [3.8, 4) is 5.75 Å². The van der Waals surface area contributed by atoms with Gasteiger partial charge in [-0.25, -0.2) is 4.98 Å². The minimum atomic E-state index is 0.172. The van der Waals surface area contributed by atoms with Gasteiger partial charge in [0.05, 0.1) is 11.9 Å². The third-order valence-corrected chi connectivity index (χ3v) is 4.19. The maximum Gasteiger partial charge on any atom is 0.213 e. The van der Waals surface area contributed by atoms with E-state index in [1.807, 2.05) is 0 Å². The van der Waals surface area contributed by atoms with Gasteiger partial charge < -0.3 is 10.4 Å². The SMILES string of the molecule is Oc1cccnc1NCC[n+]1cc2ccccc2c2ccccc21. The molecule has 0 unspecified atom stereocenters. The molecule has 0 spiro atoms. The van der Waals surface area contributed by atoms with Crippen LogP contribution >= 0.6 is 0 Å². The highest BCUT2D eigenvalue weighted by molar-refractivity contribution is 6.03. The highest BCUT2D eigenvalue weighted by Crippen LogP contribution is 2.22. The van der Waals surface area contributed by atoms with E-state index in [0.717, 1.165) is 6.54 Å². The maximum absolute atomic E-state index is 9.79. The topological polar surface area (TPSA) is 49.0 Å². The average Bonchev–Trinajstić information content (AvgIpc) is 2.63. The molecule has 0 fully saturated rings. The number of aromatic nitrogens is 2. The summed E-state index contributed by atoms with van der Waals surface area (Å²) >= 11 is 0. The fourth-order valence-electron chi connectivity index (χ4n) is 3.06. The van der Waals surface area contributed by atoms with Crippen LogP contribution in [0.5, 0.6) is 5.75 Å². The number of para-hydroxylation sites is 1. The van der Waals surface area contributed by atoms with Gasteiger partial charge in [-0.15, -0.1) is 0 Å². The Morgan fingerprint density at radius 2 is 1.71 bits per heavy atom. The zero-order chi connectivity index (χ0) is 16.4. The van der Waals surface area contributed by atoms with E-state index in [9.17, 15) is 5.11 Å². The van der Waals surface area contributed by atoms with Crippen LogP contribution in [0.2, 0.25) is 0 Å². The van der Waals surface area contributed by atoms with E-state index in [2.05, 4.69) is 69.6 Å². The van der Waals surface area contributed by atoms with Gasteiger partial charge in [0.25, 0.3) is 0 Å². The summed E-state index contributed by atoms with van der Waals surface area (Å²) in [6, 6.07) is 20.2. The van der Waals surface area contributed by atoms with Crippen molar-refractivity contribution in [3.63, 3.8) is 0 Å². The molecule has 4 heteroatoms. The predicted octanol–water partition coefficient (Wildman–Crippen LogP) is 3.49. The van der Waals surface area contributed by atoms with Crippen LogP contribution in [0.15, 0.2) is 73.1 Å². The Morgan fingerprint density at radius 1 is 0.917 bits per heavy atom. The number of benzene rings is 2. The van der Waals surface area contributed by atoms with Crippen molar-refractivity contribution in [2.45, 2.75) is 6.54 Å². The van der Waals surface area contributed by atoms with Crippen LogP contribution in [-0.4, -0.2) is 16.6 Å². The second kappa shape index (κ2) is 6.16. The second-order valence-electron chi connectivity index (χ2n) is 5.72.